The quantitative estimate of drug-likeness (QED) is 0.277. The van der Waals surface area contributed by atoms with Crippen molar-refractivity contribution in [2.75, 3.05) is 13.7 Å². The summed E-state index contributed by atoms with van der Waals surface area (Å²) in [6.07, 6.45) is 4.05. The van der Waals surface area contributed by atoms with E-state index in [0.29, 0.717) is 37.1 Å². The molecule has 1 aromatic heterocycles. The summed E-state index contributed by atoms with van der Waals surface area (Å²) in [6.45, 7) is 3.70. The van der Waals surface area contributed by atoms with Gasteiger partial charge in [0.1, 0.15) is 0 Å². The van der Waals surface area contributed by atoms with Gasteiger partial charge in [0, 0.05) is 36.0 Å². The van der Waals surface area contributed by atoms with Gasteiger partial charge in [0.2, 0.25) is 0 Å². The number of hydrogen-bond acceptors (Lipinski definition) is 6. The molecule has 2 aliphatic rings. The van der Waals surface area contributed by atoms with Crippen LogP contribution in [-0.2, 0) is 25.7 Å². The van der Waals surface area contributed by atoms with Crippen molar-refractivity contribution >= 4 is 29.6 Å². The van der Waals surface area contributed by atoms with Gasteiger partial charge in [-0.1, -0.05) is 12.8 Å². The lowest BCUT2D eigenvalue weighted by atomic mass is 10.1. The minimum atomic E-state index is -0.938. The number of esters is 1. The van der Waals surface area contributed by atoms with Crippen LogP contribution in [0, 0.1) is 13.8 Å². The zero-order chi connectivity index (χ0) is 22.0. The maximum atomic E-state index is 12.9. The summed E-state index contributed by atoms with van der Waals surface area (Å²) in [7, 11) is 1.34. The largest absolute Gasteiger partial charge is 0.469 e. The molecule has 1 aliphatic heterocycles. The van der Waals surface area contributed by atoms with Crippen molar-refractivity contribution in [3.8, 4) is 0 Å². The molecule has 30 heavy (non-hydrogen) atoms. The second kappa shape index (κ2) is 8.81. The Morgan fingerprint density at radius 3 is 2.40 bits per heavy atom. The van der Waals surface area contributed by atoms with Crippen LogP contribution in [0.5, 0.6) is 0 Å². The third kappa shape index (κ3) is 4.01. The van der Waals surface area contributed by atoms with Crippen molar-refractivity contribution in [3.05, 3.63) is 23.0 Å². The Morgan fingerprint density at radius 1 is 1.10 bits per heavy atom. The normalized spacial score (nSPS) is 17.4. The average Bonchev–Trinajstić information content (AvgIpc) is 3.39. The van der Waals surface area contributed by atoms with Crippen LogP contribution < -0.4 is 0 Å². The predicted molar refractivity (Wildman–Crippen MR) is 106 cm³/mol. The standard InChI is InChI=1S/C21H27N3O6/c1-13-11-16(14(2)22(13)10-6-9-18(26)30-3)17(25)12-23-19(27)20(28)24(21(23)29)15-7-4-5-8-15/h11,15H,4-10,12H2,1-3H3. The zero-order valence-electron chi connectivity index (χ0n) is 17.6. The van der Waals surface area contributed by atoms with E-state index in [1.165, 1.54) is 7.11 Å². The molecule has 1 saturated carbocycles. The van der Waals surface area contributed by atoms with Gasteiger partial charge in [-0.15, -0.1) is 0 Å². The number of nitrogens with zero attached hydrogens (tertiary/aromatic N) is 3. The highest BCUT2D eigenvalue weighted by molar-refractivity contribution is 6.45. The highest BCUT2D eigenvalue weighted by Gasteiger charge is 2.48. The molecule has 0 aromatic carbocycles. The molecule has 2 fully saturated rings. The molecule has 9 heteroatoms. The van der Waals surface area contributed by atoms with Gasteiger partial charge >= 0.3 is 23.8 Å². The van der Waals surface area contributed by atoms with Crippen LogP contribution in [0.15, 0.2) is 6.07 Å². The maximum Gasteiger partial charge on any atom is 0.334 e. The Balaban J connectivity index is 1.70. The number of Topliss-reactive ketones (excluding diaryl/α,β-unsaturated/α-hetero) is 1. The van der Waals surface area contributed by atoms with Gasteiger partial charge in [0.15, 0.2) is 5.78 Å². The van der Waals surface area contributed by atoms with Crippen molar-refractivity contribution in [1.29, 1.82) is 0 Å². The van der Waals surface area contributed by atoms with Gasteiger partial charge in [-0.3, -0.25) is 24.1 Å². The second-order valence-corrected chi connectivity index (χ2v) is 7.83. The summed E-state index contributed by atoms with van der Waals surface area (Å²) >= 11 is 0. The van der Waals surface area contributed by atoms with Crippen LogP contribution >= 0.6 is 0 Å². The number of imide groups is 2. The molecular formula is C21H27N3O6. The average molecular weight is 417 g/mol. The number of methoxy groups -OCH3 is 1. The van der Waals surface area contributed by atoms with E-state index in [2.05, 4.69) is 4.74 Å². The van der Waals surface area contributed by atoms with E-state index < -0.39 is 30.2 Å². The SMILES string of the molecule is COC(=O)CCCn1c(C)cc(C(=O)CN2C(=O)C(=O)N(C3CCCC3)C2=O)c1C. The van der Waals surface area contributed by atoms with Gasteiger partial charge in [0.05, 0.1) is 13.7 Å². The molecule has 1 saturated heterocycles. The molecule has 0 bridgehead atoms. The molecule has 0 radical (unpaired) electrons. The first kappa shape index (κ1) is 21.7. The maximum absolute atomic E-state index is 12.9. The summed E-state index contributed by atoms with van der Waals surface area (Å²) in [6, 6.07) is 0.753. The van der Waals surface area contributed by atoms with Gasteiger partial charge in [-0.05, 0) is 39.2 Å². The summed E-state index contributed by atoms with van der Waals surface area (Å²) in [5.41, 5.74) is 1.93. The highest BCUT2D eigenvalue weighted by Crippen LogP contribution is 2.28. The van der Waals surface area contributed by atoms with Crippen molar-refractivity contribution < 1.29 is 28.7 Å². The lowest BCUT2D eigenvalue weighted by Crippen LogP contribution is -2.41. The Morgan fingerprint density at radius 2 is 1.77 bits per heavy atom. The fourth-order valence-corrected chi connectivity index (χ4v) is 4.29. The Labute approximate surface area is 174 Å². The van der Waals surface area contributed by atoms with E-state index in [1.807, 2.05) is 11.5 Å². The summed E-state index contributed by atoms with van der Waals surface area (Å²) < 4.78 is 6.55. The smallest absolute Gasteiger partial charge is 0.334 e. The van der Waals surface area contributed by atoms with Crippen LogP contribution in [0.1, 0.15) is 60.3 Å². The molecular weight excluding hydrogens is 390 g/mol. The van der Waals surface area contributed by atoms with Crippen molar-refractivity contribution in [1.82, 2.24) is 14.4 Å². The number of aromatic nitrogens is 1. The molecule has 0 unspecified atom stereocenters. The number of urea groups is 1. The Hall–Kier alpha value is -2.97. The number of ketones is 1. The minimum absolute atomic E-state index is 0.256. The number of carbonyl (C=O) groups excluding carboxylic acids is 5. The number of aryl methyl sites for hydroxylation is 1. The topological polar surface area (TPSA) is 106 Å². The first-order valence-corrected chi connectivity index (χ1v) is 10.2. The van der Waals surface area contributed by atoms with Crippen LogP contribution in [0.3, 0.4) is 0 Å². The van der Waals surface area contributed by atoms with E-state index in [-0.39, 0.29) is 18.4 Å². The van der Waals surface area contributed by atoms with Gasteiger partial charge in [-0.2, -0.15) is 0 Å². The third-order valence-corrected chi connectivity index (χ3v) is 5.94. The van der Waals surface area contributed by atoms with Crippen molar-refractivity contribution in [2.45, 2.75) is 65.0 Å². The molecule has 3 rings (SSSR count). The van der Waals surface area contributed by atoms with Gasteiger partial charge < -0.3 is 9.30 Å². The van der Waals surface area contributed by atoms with Gasteiger partial charge in [-0.25, -0.2) is 9.69 Å². The molecule has 1 aliphatic carbocycles. The number of amides is 4. The van der Waals surface area contributed by atoms with Crippen LogP contribution in [0.25, 0.3) is 0 Å². The second-order valence-electron chi connectivity index (χ2n) is 7.83. The molecule has 0 N–H and O–H groups in total. The Kier molecular flexibility index (Phi) is 6.38. The van der Waals surface area contributed by atoms with Crippen LogP contribution in [0.4, 0.5) is 4.79 Å². The van der Waals surface area contributed by atoms with Crippen molar-refractivity contribution in [2.24, 2.45) is 0 Å². The Bertz CT molecular complexity index is 897. The van der Waals surface area contributed by atoms with E-state index >= 15 is 0 Å². The highest BCUT2D eigenvalue weighted by atomic mass is 16.5. The van der Waals surface area contributed by atoms with Crippen molar-refractivity contribution in [3.63, 3.8) is 0 Å². The van der Waals surface area contributed by atoms with E-state index in [1.54, 1.807) is 13.0 Å². The molecule has 162 valence electrons. The summed E-state index contributed by atoms with van der Waals surface area (Å²) in [5, 5.41) is 0. The minimum Gasteiger partial charge on any atom is -0.469 e. The molecule has 4 amide bonds. The van der Waals surface area contributed by atoms with Crippen LogP contribution in [-0.4, -0.2) is 63.7 Å². The molecule has 0 atom stereocenters. The molecule has 0 spiro atoms. The predicted octanol–water partition coefficient (Wildman–Crippen LogP) is 1.97. The molecule has 2 heterocycles. The first-order chi connectivity index (χ1) is 14.3. The number of hydrogen-bond donors (Lipinski definition) is 0. The molecule has 1 aromatic rings. The number of rotatable bonds is 8. The lowest BCUT2D eigenvalue weighted by Gasteiger charge is -2.20. The van der Waals surface area contributed by atoms with E-state index in [4.69, 9.17) is 0 Å². The molecule has 9 nitrogen and oxygen atoms in total. The fraction of sp³-hybridized carbons (Fsp3) is 0.571. The van der Waals surface area contributed by atoms with E-state index in [0.717, 1.165) is 28.3 Å². The summed E-state index contributed by atoms with van der Waals surface area (Å²) in [5.74, 6) is -2.47. The first-order valence-electron chi connectivity index (χ1n) is 10.2. The van der Waals surface area contributed by atoms with E-state index in [9.17, 15) is 24.0 Å². The van der Waals surface area contributed by atoms with Crippen LogP contribution in [0.2, 0.25) is 0 Å². The third-order valence-electron chi connectivity index (χ3n) is 5.94. The number of ether oxygens (including phenoxy) is 1. The monoisotopic (exact) mass is 417 g/mol. The zero-order valence-corrected chi connectivity index (χ0v) is 17.6. The summed E-state index contributed by atoms with van der Waals surface area (Å²) in [4.78, 5) is 63.3. The van der Waals surface area contributed by atoms with Gasteiger partial charge in [0.25, 0.3) is 0 Å². The lowest BCUT2D eigenvalue weighted by molar-refractivity contribution is -0.143. The fourth-order valence-electron chi connectivity index (χ4n) is 4.29. The number of carbonyl (C=O) groups is 5.